The maximum absolute atomic E-state index is 13.4. The molecule has 0 fully saturated rings. The fourth-order valence-electron chi connectivity index (χ4n) is 4.07. The van der Waals surface area contributed by atoms with Crippen LogP contribution in [0.15, 0.2) is 60.9 Å². The molecule has 2 aromatic heterocycles. The van der Waals surface area contributed by atoms with Crippen molar-refractivity contribution in [3.63, 3.8) is 0 Å². The number of nitrogens with zero attached hydrogens (tertiary/aromatic N) is 4. The second-order valence-corrected chi connectivity index (χ2v) is 8.45. The third-order valence-electron chi connectivity index (χ3n) is 5.91. The van der Waals surface area contributed by atoms with Gasteiger partial charge in [0.1, 0.15) is 0 Å². The van der Waals surface area contributed by atoms with Gasteiger partial charge in [0.2, 0.25) is 0 Å². The van der Waals surface area contributed by atoms with Gasteiger partial charge >= 0.3 is 0 Å². The van der Waals surface area contributed by atoms with Crippen molar-refractivity contribution in [1.29, 1.82) is 0 Å². The molecule has 0 aliphatic carbocycles. The molecule has 2 amide bonds. The average molecular weight is 487 g/mol. The number of aromatic nitrogens is 4. The van der Waals surface area contributed by atoms with Crippen molar-refractivity contribution in [1.82, 2.24) is 25.3 Å². The summed E-state index contributed by atoms with van der Waals surface area (Å²) in [6, 6.07) is 14.8. The van der Waals surface area contributed by atoms with Gasteiger partial charge in [0.15, 0.2) is 5.69 Å². The van der Waals surface area contributed by atoms with E-state index in [4.69, 9.17) is 4.74 Å². The Hall–Kier alpha value is -4.11. The van der Waals surface area contributed by atoms with Gasteiger partial charge in [0.05, 0.1) is 30.7 Å². The first kappa shape index (κ1) is 25.0. The van der Waals surface area contributed by atoms with E-state index in [-0.39, 0.29) is 17.5 Å². The van der Waals surface area contributed by atoms with Crippen LogP contribution in [0.1, 0.15) is 58.3 Å². The number of carbonyl (C=O) groups excluding carboxylic acids is 2. The molecule has 0 saturated carbocycles. The van der Waals surface area contributed by atoms with Crippen molar-refractivity contribution in [2.45, 2.75) is 39.3 Å². The van der Waals surface area contributed by atoms with Crippen LogP contribution in [0.5, 0.6) is 0 Å². The van der Waals surface area contributed by atoms with Crippen LogP contribution in [0.25, 0.3) is 10.8 Å². The summed E-state index contributed by atoms with van der Waals surface area (Å²) in [7, 11) is 1.63. The number of anilines is 1. The molecular weight excluding hydrogens is 456 g/mol. The quantitative estimate of drug-likeness (QED) is 0.308. The predicted octanol–water partition coefficient (Wildman–Crippen LogP) is 4.19. The van der Waals surface area contributed by atoms with E-state index in [0.29, 0.717) is 30.9 Å². The molecule has 9 nitrogen and oxygen atoms in total. The molecule has 0 bridgehead atoms. The number of rotatable bonds is 11. The van der Waals surface area contributed by atoms with Crippen molar-refractivity contribution in [2.75, 3.05) is 19.0 Å². The highest BCUT2D eigenvalue weighted by Gasteiger charge is 2.18. The van der Waals surface area contributed by atoms with Crippen LogP contribution < -0.4 is 10.6 Å². The van der Waals surface area contributed by atoms with Gasteiger partial charge in [-0.2, -0.15) is 0 Å². The Balaban J connectivity index is 1.58. The number of ether oxygens (including phenoxy) is 1. The molecule has 0 radical (unpaired) electrons. The topological polar surface area (TPSA) is 111 Å². The van der Waals surface area contributed by atoms with Crippen molar-refractivity contribution in [3.05, 3.63) is 83.4 Å². The first-order valence-electron chi connectivity index (χ1n) is 12.0. The van der Waals surface area contributed by atoms with E-state index in [1.807, 2.05) is 30.3 Å². The summed E-state index contributed by atoms with van der Waals surface area (Å²) < 4.78 is 7.01. The summed E-state index contributed by atoms with van der Waals surface area (Å²) in [6.07, 6.45) is 6.23. The smallest absolute Gasteiger partial charge is 0.272 e. The van der Waals surface area contributed by atoms with E-state index in [1.165, 1.54) is 0 Å². The molecule has 0 saturated heterocycles. The molecule has 36 heavy (non-hydrogen) atoms. The highest BCUT2D eigenvalue weighted by atomic mass is 16.5. The number of benzene rings is 2. The summed E-state index contributed by atoms with van der Waals surface area (Å²) >= 11 is 0. The number of nitrogens with one attached hydrogen (secondary N) is 2. The summed E-state index contributed by atoms with van der Waals surface area (Å²) in [5.74, 6) is -0.617. The Morgan fingerprint density at radius 1 is 1.00 bits per heavy atom. The highest BCUT2D eigenvalue weighted by molar-refractivity contribution is 6.15. The van der Waals surface area contributed by atoms with Crippen LogP contribution in [-0.2, 0) is 17.9 Å². The SMILES string of the molecule is CCCCCNC(=O)c1ncccc1NC(=O)c1ccc(Cn2nncc2COC)c2ccccc12. The lowest BCUT2D eigenvalue weighted by atomic mass is 9.98. The molecule has 4 rings (SSSR count). The molecule has 186 valence electrons. The molecule has 4 aromatic rings. The third kappa shape index (κ3) is 5.75. The average Bonchev–Trinajstić information content (AvgIpc) is 3.33. The number of pyridine rings is 1. The number of carbonyl (C=O) groups is 2. The zero-order valence-corrected chi connectivity index (χ0v) is 20.5. The van der Waals surface area contributed by atoms with E-state index in [9.17, 15) is 9.59 Å². The van der Waals surface area contributed by atoms with Crippen molar-refractivity contribution < 1.29 is 14.3 Å². The zero-order chi connectivity index (χ0) is 25.3. The van der Waals surface area contributed by atoms with Crippen molar-refractivity contribution in [2.24, 2.45) is 0 Å². The molecule has 0 atom stereocenters. The maximum Gasteiger partial charge on any atom is 0.272 e. The second kappa shape index (κ2) is 12.0. The van der Waals surface area contributed by atoms with Crippen LogP contribution in [0.2, 0.25) is 0 Å². The maximum atomic E-state index is 13.4. The van der Waals surface area contributed by atoms with Gasteiger partial charge in [-0.15, -0.1) is 5.10 Å². The molecule has 9 heteroatoms. The molecule has 0 aliphatic heterocycles. The van der Waals surface area contributed by atoms with Gasteiger partial charge in [0, 0.05) is 25.4 Å². The predicted molar refractivity (Wildman–Crippen MR) is 138 cm³/mol. The highest BCUT2D eigenvalue weighted by Crippen LogP contribution is 2.25. The first-order chi connectivity index (χ1) is 17.6. The van der Waals surface area contributed by atoms with E-state index in [1.54, 1.807) is 42.4 Å². The van der Waals surface area contributed by atoms with Crippen molar-refractivity contribution >= 4 is 28.3 Å². The number of hydrogen-bond donors (Lipinski definition) is 2. The lowest BCUT2D eigenvalue weighted by Gasteiger charge is -2.14. The molecule has 2 aromatic carbocycles. The van der Waals surface area contributed by atoms with Crippen LogP contribution >= 0.6 is 0 Å². The van der Waals surface area contributed by atoms with Crippen LogP contribution in [-0.4, -0.2) is 45.4 Å². The zero-order valence-electron chi connectivity index (χ0n) is 20.5. The largest absolute Gasteiger partial charge is 0.378 e. The van der Waals surface area contributed by atoms with Crippen LogP contribution in [0.4, 0.5) is 5.69 Å². The number of hydrogen-bond acceptors (Lipinski definition) is 6. The van der Waals surface area contributed by atoms with Gasteiger partial charge in [0.25, 0.3) is 11.8 Å². The van der Waals surface area contributed by atoms with E-state index in [2.05, 4.69) is 32.9 Å². The minimum Gasteiger partial charge on any atom is -0.378 e. The van der Waals surface area contributed by atoms with Gasteiger partial charge in [-0.3, -0.25) is 9.59 Å². The Labute approximate surface area is 209 Å². The summed E-state index contributed by atoms with van der Waals surface area (Å²) in [6.45, 7) is 3.58. The molecule has 0 unspecified atom stereocenters. The Morgan fingerprint density at radius 2 is 1.83 bits per heavy atom. The summed E-state index contributed by atoms with van der Waals surface area (Å²) in [4.78, 5) is 30.3. The van der Waals surface area contributed by atoms with Crippen molar-refractivity contribution in [3.8, 4) is 0 Å². The standard InChI is InChI=1S/C27H30N6O3/c1-3-4-7-14-29-27(35)25-24(11-8-15-28-25)31-26(34)23-13-12-19(21-9-5-6-10-22(21)23)17-33-20(18-36-2)16-30-32-33/h5-6,8-13,15-16H,3-4,7,14,17-18H2,1-2H3,(H,29,35)(H,31,34). The lowest BCUT2D eigenvalue weighted by molar-refractivity contribution is 0.0949. The number of amides is 2. The molecule has 2 heterocycles. The fourth-order valence-corrected chi connectivity index (χ4v) is 4.07. The number of unbranched alkanes of at least 4 members (excludes halogenated alkanes) is 2. The molecule has 0 spiro atoms. The fraction of sp³-hybridized carbons (Fsp3) is 0.296. The minimum absolute atomic E-state index is 0.195. The van der Waals surface area contributed by atoms with Gasteiger partial charge in [-0.05, 0) is 41.0 Å². The summed E-state index contributed by atoms with van der Waals surface area (Å²) in [5, 5.41) is 15.7. The Morgan fingerprint density at radius 3 is 2.64 bits per heavy atom. The van der Waals surface area contributed by atoms with Gasteiger partial charge < -0.3 is 15.4 Å². The van der Waals surface area contributed by atoms with Crippen LogP contribution in [0.3, 0.4) is 0 Å². The molecular formula is C27H30N6O3. The number of fused-ring (bicyclic) bond motifs is 1. The number of methoxy groups -OCH3 is 1. The van der Waals surface area contributed by atoms with Gasteiger partial charge in [-0.1, -0.05) is 55.3 Å². The van der Waals surface area contributed by atoms with E-state index in [0.717, 1.165) is 41.3 Å². The Kier molecular flexibility index (Phi) is 8.36. The summed E-state index contributed by atoms with van der Waals surface area (Å²) in [5.41, 5.74) is 2.93. The van der Waals surface area contributed by atoms with E-state index < -0.39 is 0 Å². The molecule has 2 N–H and O–H groups in total. The lowest BCUT2D eigenvalue weighted by Crippen LogP contribution is -2.27. The first-order valence-corrected chi connectivity index (χ1v) is 12.0. The second-order valence-electron chi connectivity index (χ2n) is 8.45. The minimum atomic E-state index is -0.313. The Bertz CT molecular complexity index is 1350. The normalized spacial score (nSPS) is 10.9. The van der Waals surface area contributed by atoms with E-state index >= 15 is 0 Å². The third-order valence-corrected chi connectivity index (χ3v) is 5.91. The molecule has 0 aliphatic rings. The van der Waals surface area contributed by atoms with Crippen LogP contribution in [0, 0.1) is 0 Å². The monoisotopic (exact) mass is 486 g/mol. The van der Waals surface area contributed by atoms with Gasteiger partial charge in [-0.25, -0.2) is 9.67 Å².